The highest BCUT2D eigenvalue weighted by molar-refractivity contribution is 7.80. The van der Waals surface area contributed by atoms with Crippen molar-refractivity contribution in [2.45, 2.75) is 99.6 Å². The van der Waals surface area contributed by atoms with Gasteiger partial charge in [-0.1, -0.05) is 55.4 Å². The molecule has 3 atom stereocenters. The third kappa shape index (κ3) is 11.4. The molecule has 1 aliphatic heterocycles. The van der Waals surface area contributed by atoms with Crippen LogP contribution in [0.4, 0.5) is 4.79 Å². The number of carbonyl (C=O) groups excluding carboxylic acids is 5. The Labute approximate surface area is 244 Å². The summed E-state index contributed by atoms with van der Waals surface area (Å²) in [6.45, 7) is 16.3. The van der Waals surface area contributed by atoms with E-state index in [0.29, 0.717) is 50.4 Å². The summed E-state index contributed by atoms with van der Waals surface area (Å²) in [5, 5.41) is 11.8. The van der Waals surface area contributed by atoms with Gasteiger partial charge in [-0.05, 0) is 49.2 Å². The second-order valence-corrected chi connectivity index (χ2v) is 13.4. The van der Waals surface area contributed by atoms with E-state index in [0.717, 1.165) is 0 Å². The number of carbonyl (C=O) groups is 5. The molecule has 0 radical (unpaired) electrons. The maximum Gasteiger partial charge on any atom is 0.312 e. The molecule has 1 fully saturated rings. The summed E-state index contributed by atoms with van der Waals surface area (Å²) < 4.78 is 0. The molecule has 228 valence electrons. The molecule has 0 aromatic carbocycles. The van der Waals surface area contributed by atoms with Gasteiger partial charge in [-0.3, -0.25) is 24.1 Å². The quantitative estimate of drug-likeness (QED) is 0.118. The molecule has 5 amide bonds. The van der Waals surface area contributed by atoms with Gasteiger partial charge in [0.15, 0.2) is 10.9 Å². The van der Waals surface area contributed by atoms with Gasteiger partial charge in [0.2, 0.25) is 17.7 Å². The Bertz CT molecular complexity index is 940. The number of nitrogens with one attached hydrogen (secondary N) is 4. The minimum Gasteiger partial charge on any atom is -0.363 e. The van der Waals surface area contributed by atoms with Crippen LogP contribution in [0.3, 0.4) is 0 Å². The number of hydrogen-bond donors (Lipinski definition) is 5. The lowest BCUT2D eigenvalue weighted by Crippen LogP contribution is -2.56. The fourth-order valence-electron chi connectivity index (χ4n) is 4.49. The number of likely N-dealkylation sites (tertiary alicyclic amines) is 1. The zero-order valence-electron chi connectivity index (χ0n) is 25.4. The maximum absolute atomic E-state index is 13.2. The van der Waals surface area contributed by atoms with E-state index in [2.05, 4.69) is 21.3 Å². The summed E-state index contributed by atoms with van der Waals surface area (Å²) in [7, 11) is 0. The number of hydrogen-bond acceptors (Lipinski definition) is 6. The van der Waals surface area contributed by atoms with Gasteiger partial charge in [0.1, 0.15) is 6.04 Å². The first-order valence-corrected chi connectivity index (χ1v) is 14.5. The van der Waals surface area contributed by atoms with Crippen molar-refractivity contribution in [1.82, 2.24) is 26.2 Å². The largest absolute Gasteiger partial charge is 0.363 e. The number of amides is 5. The molecule has 0 aromatic rings. The first kappa shape index (κ1) is 35.3. The van der Waals surface area contributed by atoms with Crippen LogP contribution in [0.25, 0.3) is 0 Å². The minimum atomic E-state index is -0.722. The summed E-state index contributed by atoms with van der Waals surface area (Å²) in [4.78, 5) is 63.5. The predicted octanol–water partition coefficient (Wildman–Crippen LogP) is 2.23. The molecule has 11 nitrogen and oxygen atoms in total. The van der Waals surface area contributed by atoms with E-state index in [9.17, 15) is 24.0 Å². The van der Waals surface area contributed by atoms with Gasteiger partial charge in [-0.15, -0.1) is 0 Å². The van der Waals surface area contributed by atoms with Crippen molar-refractivity contribution in [2.24, 2.45) is 28.4 Å². The van der Waals surface area contributed by atoms with Gasteiger partial charge in [0.05, 0.1) is 12.0 Å². The smallest absolute Gasteiger partial charge is 0.312 e. The highest BCUT2D eigenvalue weighted by atomic mass is 32.1. The van der Waals surface area contributed by atoms with Gasteiger partial charge in [-0.25, -0.2) is 4.79 Å². The highest BCUT2D eigenvalue weighted by Gasteiger charge is 2.44. The molecule has 40 heavy (non-hydrogen) atoms. The van der Waals surface area contributed by atoms with Gasteiger partial charge < -0.3 is 27.0 Å². The van der Waals surface area contributed by atoms with Crippen LogP contribution in [-0.4, -0.2) is 71.3 Å². The number of primary amides is 1. The zero-order chi connectivity index (χ0) is 30.8. The number of rotatable bonds is 14. The van der Waals surface area contributed by atoms with Crippen molar-refractivity contribution in [3.63, 3.8) is 0 Å². The summed E-state index contributed by atoms with van der Waals surface area (Å²) >= 11 is 5.41. The van der Waals surface area contributed by atoms with Gasteiger partial charge in [0.25, 0.3) is 0 Å². The van der Waals surface area contributed by atoms with E-state index in [1.54, 1.807) is 20.8 Å². The maximum atomic E-state index is 13.2. The molecule has 1 saturated heterocycles. The monoisotopic (exact) mass is 582 g/mol. The lowest BCUT2D eigenvalue weighted by Gasteiger charge is -2.29. The Morgan fingerprint density at radius 2 is 1.57 bits per heavy atom. The van der Waals surface area contributed by atoms with Crippen LogP contribution in [-0.2, 0) is 19.2 Å². The number of thiocarbonyl (C=S) groups is 1. The zero-order valence-corrected chi connectivity index (χ0v) is 26.3. The lowest BCUT2D eigenvalue weighted by atomic mass is 9.80. The minimum absolute atomic E-state index is 0.0965. The second-order valence-electron chi connectivity index (χ2n) is 12.9. The molecule has 1 unspecified atom stereocenters. The molecule has 1 heterocycles. The molecule has 1 rings (SSSR count). The van der Waals surface area contributed by atoms with E-state index in [1.165, 1.54) is 4.90 Å². The first-order valence-electron chi connectivity index (χ1n) is 14.1. The number of unbranched alkanes of at least 4 members (excludes halogenated alkanes) is 1. The third-order valence-electron chi connectivity index (χ3n) is 6.96. The predicted molar refractivity (Wildman–Crippen MR) is 159 cm³/mol. The van der Waals surface area contributed by atoms with Crippen molar-refractivity contribution in [1.29, 1.82) is 0 Å². The first-order chi connectivity index (χ1) is 18.4. The topological polar surface area (TPSA) is 163 Å². The van der Waals surface area contributed by atoms with Crippen molar-refractivity contribution in [3.05, 3.63) is 0 Å². The third-order valence-corrected chi connectivity index (χ3v) is 7.22. The SMILES string of the molecule is CC(C)[C@H](NC(=S)NCCCCN1C(=O)CC(C(C)(C)C)C1=O)C(=O)N[C@@H](CCCNC(N)=O)C(=O)C(C)(C)C. The average Bonchev–Trinajstić information content (AvgIpc) is 3.11. The fraction of sp³-hybridized carbons (Fsp3) is 0.786. The van der Waals surface area contributed by atoms with E-state index >= 15 is 0 Å². The molecule has 12 heteroatoms. The molecule has 0 aromatic heterocycles. The number of ketones is 1. The fourth-order valence-corrected chi connectivity index (χ4v) is 4.72. The van der Waals surface area contributed by atoms with Crippen molar-refractivity contribution >= 4 is 46.9 Å². The van der Waals surface area contributed by atoms with Gasteiger partial charge >= 0.3 is 6.03 Å². The molecule has 0 aliphatic carbocycles. The van der Waals surface area contributed by atoms with Crippen LogP contribution in [0.15, 0.2) is 0 Å². The standard InChI is InChI=1S/C28H50N6O5S/c1-17(2)21(23(37)32-19(22(36)28(6,7)8)12-11-14-30-25(29)39)33-26(40)31-13-9-10-15-34-20(35)16-18(24(34)38)27(3,4)5/h17-19,21H,9-16H2,1-8H3,(H,32,37)(H3,29,30,39)(H2,31,33,40)/t18?,19-,21-/m0/s1. The summed E-state index contributed by atoms with van der Waals surface area (Å²) in [6, 6.07) is -2.03. The average molecular weight is 583 g/mol. The molecule has 1 aliphatic rings. The lowest BCUT2D eigenvalue weighted by molar-refractivity contribution is -0.140. The molecule has 0 spiro atoms. The Morgan fingerprint density at radius 3 is 2.08 bits per heavy atom. The van der Waals surface area contributed by atoms with Crippen LogP contribution in [0.1, 0.15) is 87.5 Å². The van der Waals surface area contributed by atoms with E-state index in [1.807, 2.05) is 34.6 Å². The number of nitrogens with zero attached hydrogens (tertiary/aromatic N) is 1. The van der Waals surface area contributed by atoms with Crippen molar-refractivity contribution in [3.8, 4) is 0 Å². The summed E-state index contributed by atoms with van der Waals surface area (Å²) in [5.74, 6) is -1.06. The highest BCUT2D eigenvalue weighted by Crippen LogP contribution is 2.35. The second kappa shape index (κ2) is 15.3. The van der Waals surface area contributed by atoms with E-state index in [-0.39, 0.29) is 47.2 Å². The Kier molecular flexibility index (Phi) is 13.5. The van der Waals surface area contributed by atoms with Crippen LogP contribution >= 0.6 is 12.2 Å². The van der Waals surface area contributed by atoms with Crippen LogP contribution in [0, 0.1) is 22.7 Å². The van der Waals surface area contributed by atoms with Gasteiger partial charge in [0, 0.05) is 31.5 Å². The Morgan fingerprint density at radius 1 is 0.975 bits per heavy atom. The van der Waals surface area contributed by atoms with Crippen LogP contribution < -0.4 is 27.0 Å². The molecule has 0 saturated carbocycles. The van der Waals surface area contributed by atoms with Gasteiger partial charge in [-0.2, -0.15) is 0 Å². The summed E-state index contributed by atoms with van der Waals surface area (Å²) in [6.07, 6.45) is 2.41. The molecule has 0 bridgehead atoms. The van der Waals surface area contributed by atoms with Crippen molar-refractivity contribution < 1.29 is 24.0 Å². The van der Waals surface area contributed by atoms with E-state index < -0.39 is 23.5 Å². The molecular formula is C28H50N6O5S. The number of Topliss-reactive ketones (excluding diaryl/α,β-unsaturated/α-hetero) is 1. The Balaban J connectivity index is 2.61. The van der Waals surface area contributed by atoms with E-state index in [4.69, 9.17) is 18.0 Å². The van der Waals surface area contributed by atoms with Crippen LogP contribution in [0.2, 0.25) is 0 Å². The molecular weight excluding hydrogens is 532 g/mol. The number of urea groups is 1. The van der Waals surface area contributed by atoms with Crippen LogP contribution in [0.5, 0.6) is 0 Å². The normalized spacial score (nSPS) is 17.4. The Hall–Kier alpha value is -2.76. The number of nitrogens with two attached hydrogens (primary N) is 1. The molecule has 6 N–H and O–H groups in total. The summed E-state index contributed by atoms with van der Waals surface area (Å²) in [5.41, 5.74) is 4.20. The number of imide groups is 1. The van der Waals surface area contributed by atoms with Crippen molar-refractivity contribution in [2.75, 3.05) is 19.6 Å².